The first-order valence-corrected chi connectivity index (χ1v) is 5.51. The predicted molar refractivity (Wildman–Crippen MR) is 65.0 cm³/mol. The Kier molecular flexibility index (Phi) is 3.32. The number of aryl methyl sites for hydroxylation is 1. The Labute approximate surface area is 103 Å². The van der Waals surface area contributed by atoms with Gasteiger partial charge in [0.1, 0.15) is 11.3 Å². The number of rotatable bonds is 4. The number of hydrogen-bond acceptors (Lipinski definition) is 4. The molecule has 1 aromatic heterocycles. The quantitative estimate of drug-likeness (QED) is 0.835. The number of carboxylic acids is 1. The van der Waals surface area contributed by atoms with Crippen LogP contribution in [-0.2, 0) is 11.2 Å². The zero-order valence-corrected chi connectivity index (χ0v) is 9.80. The van der Waals surface area contributed by atoms with Gasteiger partial charge >= 0.3 is 11.6 Å². The van der Waals surface area contributed by atoms with Crippen molar-refractivity contribution in [3.63, 3.8) is 0 Å². The number of fused-ring (bicyclic) bond motifs is 1. The molecule has 0 unspecified atom stereocenters. The second-order valence-corrected chi connectivity index (χ2v) is 3.79. The monoisotopic (exact) mass is 248 g/mol. The summed E-state index contributed by atoms with van der Waals surface area (Å²) in [6.07, 6.45) is 0.582. The van der Waals surface area contributed by atoms with E-state index < -0.39 is 12.6 Å². The Hall–Kier alpha value is -2.30. The molecule has 1 aromatic carbocycles. The maximum atomic E-state index is 11.5. The second kappa shape index (κ2) is 4.91. The molecule has 0 aliphatic carbocycles. The third-order valence-corrected chi connectivity index (χ3v) is 2.52. The van der Waals surface area contributed by atoms with Gasteiger partial charge in [-0.15, -0.1) is 0 Å². The van der Waals surface area contributed by atoms with Crippen molar-refractivity contribution in [2.75, 3.05) is 6.61 Å². The molecule has 2 aromatic rings. The fraction of sp³-hybridized carbons (Fsp3) is 0.231. The van der Waals surface area contributed by atoms with Crippen molar-refractivity contribution in [2.45, 2.75) is 13.3 Å². The van der Waals surface area contributed by atoms with Crippen LogP contribution in [0.4, 0.5) is 0 Å². The molecule has 0 fully saturated rings. The summed E-state index contributed by atoms with van der Waals surface area (Å²) in [5.41, 5.74) is 0.696. The van der Waals surface area contributed by atoms with Gasteiger partial charge in [-0.2, -0.15) is 0 Å². The predicted octanol–water partition coefficient (Wildman–Crippen LogP) is 1.82. The summed E-state index contributed by atoms with van der Waals surface area (Å²) < 4.78 is 10.2. The van der Waals surface area contributed by atoms with Crippen LogP contribution in [0.15, 0.2) is 33.5 Å². The highest BCUT2D eigenvalue weighted by atomic mass is 16.5. The number of ether oxygens (including phenoxy) is 1. The fourth-order valence-electron chi connectivity index (χ4n) is 1.63. The minimum absolute atomic E-state index is 0.343. The topological polar surface area (TPSA) is 76.7 Å². The van der Waals surface area contributed by atoms with Crippen LogP contribution >= 0.6 is 0 Å². The van der Waals surface area contributed by atoms with Gasteiger partial charge in [0.25, 0.3) is 0 Å². The molecule has 0 aliphatic heterocycles. The molecular weight excluding hydrogens is 236 g/mol. The van der Waals surface area contributed by atoms with Gasteiger partial charge < -0.3 is 14.3 Å². The lowest BCUT2D eigenvalue weighted by Crippen LogP contribution is -2.09. The Morgan fingerprint density at radius 3 is 2.83 bits per heavy atom. The molecule has 0 radical (unpaired) electrons. The average molecular weight is 248 g/mol. The normalized spacial score (nSPS) is 10.5. The molecule has 0 amide bonds. The standard InChI is InChI=1S/C13H12O5/c1-2-8-5-9-6-10(17-7-12(14)15)3-4-11(9)18-13(8)16/h3-6H,2,7H2,1H3,(H,14,15). The van der Waals surface area contributed by atoms with Gasteiger partial charge in [0.2, 0.25) is 0 Å². The van der Waals surface area contributed by atoms with E-state index in [1.54, 1.807) is 24.3 Å². The average Bonchev–Trinajstić information content (AvgIpc) is 2.35. The zero-order valence-electron chi connectivity index (χ0n) is 9.80. The highest BCUT2D eigenvalue weighted by Gasteiger charge is 2.05. The van der Waals surface area contributed by atoms with Gasteiger partial charge in [-0.1, -0.05) is 6.92 Å². The number of carboxylic acid groups (broad SMARTS) is 1. The Morgan fingerprint density at radius 2 is 2.17 bits per heavy atom. The van der Waals surface area contributed by atoms with E-state index >= 15 is 0 Å². The van der Waals surface area contributed by atoms with Crippen LogP contribution in [0.25, 0.3) is 11.0 Å². The van der Waals surface area contributed by atoms with E-state index in [1.807, 2.05) is 6.92 Å². The maximum Gasteiger partial charge on any atom is 0.341 e. The summed E-state index contributed by atoms with van der Waals surface area (Å²) in [5, 5.41) is 9.24. The van der Waals surface area contributed by atoms with Crippen molar-refractivity contribution in [3.05, 3.63) is 40.2 Å². The zero-order chi connectivity index (χ0) is 13.1. The summed E-state index contributed by atoms with van der Waals surface area (Å²) in [6.45, 7) is 1.46. The minimum atomic E-state index is -1.04. The van der Waals surface area contributed by atoms with Crippen molar-refractivity contribution in [1.29, 1.82) is 0 Å². The van der Waals surface area contributed by atoms with E-state index in [1.165, 1.54) is 0 Å². The van der Waals surface area contributed by atoms with E-state index in [-0.39, 0.29) is 5.63 Å². The van der Waals surface area contributed by atoms with Crippen molar-refractivity contribution >= 4 is 16.9 Å². The number of carbonyl (C=O) groups is 1. The van der Waals surface area contributed by atoms with Crippen molar-refractivity contribution in [1.82, 2.24) is 0 Å². The number of hydrogen-bond donors (Lipinski definition) is 1. The summed E-state index contributed by atoms with van der Waals surface area (Å²) >= 11 is 0. The van der Waals surface area contributed by atoms with Crippen molar-refractivity contribution in [3.8, 4) is 5.75 Å². The van der Waals surface area contributed by atoms with Crippen LogP contribution in [0.3, 0.4) is 0 Å². The summed E-state index contributed by atoms with van der Waals surface area (Å²) in [6, 6.07) is 6.54. The molecule has 0 bridgehead atoms. The molecule has 5 nitrogen and oxygen atoms in total. The molecule has 0 saturated heterocycles. The molecule has 0 saturated carbocycles. The SMILES string of the molecule is CCc1cc2cc(OCC(=O)O)ccc2oc1=O. The van der Waals surface area contributed by atoms with Gasteiger partial charge in [-0.3, -0.25) is 0 Å². The maximum absolute atomic E-state index is 11.5. The molecule has 0 aliphatic rings. The third kappa shape index (κ3) is 2.51. The van der Waals surface area contributed by atoms with Crippen LogP contribution in [0, 0.1) is 0 Å². The molecule has 5 heteroatoms. The molecule has 0 spiro atoms. The first kappa shape index (κ1) is 12.2. The van der Waals surface area contributed by atoms with Gasteiger partial charge in [0.15, 0.2) is 6.61 Å². The Bertz CT molecular complexity index is 641. The number of aliphatic carboxylic acids is 1. The Balaban J connectivity index is 2.40. The summed E-state index contributed by atoms with van der Waals surface area (Å²) in [4.78, 5) is 21.9. The van der Waals surface area contributed by atoms with Gasteiger partial charge in [0.05, 0.1) is 0 Å². The molecule has 0 atom stereocenters. The van der Waals surface area contributed by atoms with Crippen LogP contribution in [0.2, 0.25) is 0 Å². The van der Waals surface area contributed by atoms with Crippen LogP contribution in [0.5, 0.6) is 5.75 Å². The highest BCUT2D eigenvalue weighted by Crippen LogP contribution is 2.20. The second-order valence-electron chi connectivity index (χ2n) is 3.79. The fourth-order valence-corrected chi connectivity index (χ4v) is 1.63. The van der Waals surface area contributed by atoms with Gasteiger partial charge in [0, 0.05) is 10.9 Å². The molecule has 1 heterocycles. The third-order valence-electron chi connectivity index (χ3n) is 2.52. The van der Waals surface area contributed by atoms with E-state index in [9.17, 15) is 9.59 Å². The lowest BCUT2D eigenvalue weighted by Gasteiger charge is -2.05. The van der Waals surface area contributed by atoms with Crippen LogP contribution in [-0.4, -0.2) is 17.7 Å². The van der Waals surface area contributed by atoms with Gasteiger partial charge in [-0.05, 0) is 30.7 Å². The van der Waals surface area contributed by atoms with Crippen molar-refractivity contribution < 1.29 is 19.1 Å². The van der Waals surface area contributed by atoms with E-state index in [2.05, 4.69) is 0 Å². The molecule has 2 rings (SSSR count). The van der Waals surface area contributed by atoms with E-state index in [0.717, 1.165) is 0 Å². The summed E-state index contributed by atoms with van der Waals surface area (Å²) in [5.74, 6) is -0.607. The van der Waals surface area contributed by atoms with E-state index in [4.69, 9.17) is 14.3 Å². The molecular formula is C13H12O5. The van der Waals surface area contributed by atoms with Gasteiger partial charge in [-0.25, -0.2) is 9.59 Å². The summed E-state index contributed by atoms with van der Waals surface area (Å²) in [7, 11) is 0. The van der Waals surface area contributed by atoms with E-state index in [0.29, 0.717) is 28.7 Å². The molecule has 18 heavy (non-hydrogen) atoms. The van der Waals surface area contributed by atoms with Crippen LogP contribution < -0.4 is 10.4 Å². The lowest BCUT2D eigenvalue weighted by molar-refractivity contribution is -0.139. The van der Waals surface area contributed by atoms with Crippen LogP contribution in [0.1, 0.15) is 12.5 Å². The molecule has 1 N–H and O–H groups in total. The smallest absolute Gasteiger partial charge is 0.341 e. The first-order chi connectivity index (χ1) is 8.60. The lowest BCUT2D eigenvalue weighted by atomic mass is 10.1. The highest BCUT2D eigenvalue weighted by molar-refractivity contribution is 5.78. The number of benzene rings is 1. The van der Waals surface area contributed by atoms with Crippen molar-refractivity contribution in [2.24, 2.45) is 0 Å². The Morgan fingerprint density at radius 1 is 1.39 bits per heavy atom. The molecule has 94 valence electrons. The largest absolute Gasteiger partial charge is 0.482 e. The minimum Gasteiger partial charge on any atom is -0.482 e. The first-order valence-electron chi connectivity index (χ1n) is 5.51.